The van der Waals surface area contributed by atoms with Gasteiger partial charge in [0.05, 0.1) is 12.2 Å². The van der Waals surface area contributed by atoms with Crippen LogP contribution in [0.15, 0.2) is 36.4 Å². The van der Waals surface area contributed by atoms with Crippen LogP contribution in [0.1, 0.15) is 86.6 Å². The molecule has 1 fully saturated rings. The standard InChI is InChI=1S/C29H42O4/c1-5-29(6-2,25-11-12-27(22(4)18-25)33-20-26(31)19-30)24-10-9-23(21(3)17-24)13-16-28(32)14-7-8-15-28/h9-12,17-18,26,30-32H,5-8,13-16,19-20H2,1-4H3/t26-/m0/s1. The Hall–Kier alpha value is -1.88. The normalized spacial score (nSPS) is 16.7. The molecule has 3 rings (SSSR count). The van der Waals surface area contributed by atoms with E-state index in [9.17, 15) is 10.2 Å². The van der Waals surface area contributed by atoms with Gasteiger partial charge in [0.2, 0.25) is 0 Å². The van der Waals surface area contributed by atoms with Gasteiger partial charge < -0.3 is 20.1 Å². The van der Waals surface area contributed by atoms with Crippen LogP contribution >= 0.6 is 0 Å². The van der Waals surface area contributed by atoms with Gasteiger partial charge >= 0.3 is 0 Å². The highest BCUT2D eigenvalue weighted by molar-refractivity contribution is 5.47. The van der Waals surface area contributed by atoms with Crippen LogP contribution in [0.3, 0.4) is 0 Å². The van der Waals surface area contributed by atoms with Crippen LogP contribution in [0, 0.1) is 13.8 Å². The summed E-state index contributed by atoms with van der Waals surface area (Å²) in [6, 6.07) is 13.2. The minimum Gasteiger partial charge on any atom is -0.491 e. The van der Waals surface area contributed by atoms with Crippen molar-refractivity contribution in [3.63, 3.8) is 0 Å². The predicted octanol–water partition coefficient (Wildman–Crippen LogP) is 5.38. The summed E-state index contributed by atoms with van der Waals surface area (Å²) in [5.74, 6) is 0.740. The van der Waals surface area contributed by atoms with Gasteiger partial charge in [0, 0.05) is 5.41 Å². The van der Waals surface area contributed by atoms with Crippen molar-refractivity contribution in [2.75, 3.05) is 13.2 Å². The SMILES string of the molecule is CCC(CC)(c1ccc(CCC2(O)CCCC2)c(C)c1)c1ccc(OC[C@@H](O)CO)c(C)c1. The first kappa shape index (κ1) is 25.7. The minimum atomic E-state index is -0.870. The van der Waals surface area contributed by atoms with Gasteiger partial charge in [-0.05, 0) is 86.3 Å². The molecule has 1 aliphatic carbocycles. The van der Waals surface area contributed by atoms with Gasteiger partial charge in [0.15, 0.2) is 0 Å². The molecule has 2 aromatic rings. The molecule has 0 heterocycles. The van der Waals surface area contributed by atoms with Crippen LogP contribution in [0.4, 0.5) is 0 Å². The van der Waals surface area contributed by atoms with E-state index in [1.165, 1.54) is 22.3 Å². The molecule has 33 heavy (non-hydrogen) atoms. The molecule has 0 aliphatic heterocycles. The molecule has 0 unspecified atom stereocenters. The number of hydrogen-bond donors (Lipinski definition) is 3. The van der Waals surface area contributed by atoms with E-state index in [4.69, 9.17) is 9.84 Å². The smallest absolute Gasteiger partial charge is 0.122 e. The van der Waals surface area contributed by atoms with Crippen molar-refractivity contribution >= 4 is 0 Å². The molecule has 4 heteroatoms. The molecular formula is C29H42O4. The summed E-state index contributed by atoms with van der Waals surface area (Å²) in [6.07, 6.45) is 7.07. The van der Waals surface area contributed by atoms with E-state index in [-0.39, 0.29) is 18.6 Å². The molecule has 4 nitrogen and oxygen atoms in total. The summed E-state index contributed by atoms with van der Waals surface area (Å²) in [4.78, 5) is 0. The molecule has 2 aromatic carbocycles. The Labute approximate surface area is 199 Å². The second-order valence-electron chi connectivity index (χ2n) is 9.99. The van der Waals surface area contributed by atoms with Crippen molar-refractivity contribution in [1.82, 2.24) is 0 Å². The van der Waals surface area contributed by atoms with Crippen molar-refractivity contribution in [2.24, 2.45) is 0 Å². The number of rotatable bonds is 11. The third-order valence-electron chi connectivity index (χ3n) is 7.87. The van der Waals surface area contributed by atoms with E-state index in [0.29, 0.717) is 0 Å². The lowest BCUT2D eigenvalue weighted by molar-refractivity contribution is 0.0391. The summed E-state index contributed by atoms with van der Waals surface area (Å²) >= 11 is 0. The average Bonchev–Trinajstić information content (AvgIpc) is 3.25. The number of ether oxygens (including phenoxy) is 1. The van der Waals surface area contributed by atoms with E-state index >= 15 is 0 Å². The van der Waals surface area contributed by atoms with Gasteiger partial charge in [0.1, 0.15) is 18.5 Å². The van der Waals surface area contributed by atoms with E-state index in [2.05, 4.69) is 51.1 Å². The molecule has 0 aromatic heterocycles. The maximum absolute atomic E-state index is 10.7. The highest BCUT2D eigenvalue weighted by atomic mass is 16.5. The molecule has 1 atom stereocenters. The number of aryl methyl sites for hydroxylation is 3. The quantitative estimate of drug-likeness (QED) is 0.426. The monoisotopic (exact) mass is 454 g/mol. The second-order valence-corrected chi connectivity index (χ2v) is 9.99. The first-order valence-electron chi connectivity index (χ1n) is 12.6. The molecule has 0 radical (unpaired) electrons. The number of benzene rings is 2. The first-order chi connectivity index (χ1) is 15.8. The average molecular weight is 455 g/mol. The van der Waals surface area contributed by atoms with Crippen LogP contribution < -0.4 is 4.74 Å². The van der Waals surface area contributed by atoms with E-state index < -0.39 is 11.7 Å². The predicted molar refractivity (Wildman–Crippen MR) is 134 cm³/mol. The van der Waals surface area contributed by atoms with E-state index in [1.807, 2.05) is 13.0 Å². The van der Waals surface area contributed by atoms with Crippen LogP contribution in [-0.4, -0.2) is 40.2 Å². The maximum atomic E-state index is 10.7. The highest BCUT2D eigenvalue weighted by Gasteiger charge is 2.33. The van der Waals surface area contributed by atoms with Gasteiger partial charge in [-0.1, -0.05) is 57.0 Å². The Bertz CT molecular complexity index is 910. The maximum Gasteiger partial charge on any atom is 0.122 e. The van der Waals surface area contributed by atoms with Crippen molar-refractivity contribution in [3.8, 4) is 5.75 Å². The van der Waals surface area contributed by atoms with E-state index in [0.717, 1.165) is 62.7 Å². The first-order valence-corrected chi connectivity index (χ1v) is 12.6. The van der Waals surface area contributed by atoms with Crippen LogP contribution in [0.2, 0.25) is 0 Å². The molecule has 0 spiro atoms. The lowest BCUT2D eigenvalue weighted by Gasteiger charge is -2.34. The van der Waals surface area contributed by atoms with Crippen LogP contribution in [0.25, 0.3) is 0 Å². The molecule has 1 aliphatic rings. The summed E-state index contributed by atoms with van der Waals surface area (Å²) in [6.45, 7) is 8.50. The molecule has 0 saturated heterocycles. The minimum absolute atomic E-state index is 0.0825. The zero-order chi connectivity index (χ0) is 24.1. The second kappa shape index (κ2) is 11.0. The lowest BCUT2D eigenvalue weighted by atomic mass is 9.69. The van der Waals surface area contributed by atoms with Crippen LogP contribution in [0.5, 0.6) is 5.75 Å². The van der Waals surface area contributed by atoms with Gasteiger partial charge in [0.25, 0.3) is 0 Å². The van der Waals surface area contributed by atoms with Crippen molar-refractivity contribution in [1.29, 1.82) is 0 Å². The van der Waals surface area contributed by atoms with Crippen molar-refractivity contribution < 1.29 is 20.1 Å². The summed E-state index contributed by atoms with van der Waals surface area (Å²) < 4.78 is 5.71. The third-order valence-corrected chi connectivity index (χ3v) is 7.87. The fourth-order valence-corrected chi connectivity index (χ4v) is 5.51. The molecule has 182 valence electrons. The van der Waals surface area contributed by atoms with Gasteiger partial charge in [-0.3, -0.25) is 0 Å². The molecule has 1 saturated carbocycles. The Balaban J connectivity index is 1.83. The van der Waals surface area contributed by atoms with Gasteiger partial charge in [-0.15, -0.1) is 0 Å². The van der Waals surface area contributed by atoms with Crippen molar-refractivity contribution in [2.45, 2.75) is 96.2 Å². The van der Waals surface area contributed by atoms with Crippen molar-refractivity contribution in [3.05, 3.63) is 64.2 Å². The number of aliphatic hydroxyl groups excluding tert-OH is 2. The lowest BCUT2D eigenvalue weighted by Crippen LogP contribution is -2.27. The summed E-state index contributed by atoms with van der Waals surface area (Å²) in [5, 5.41) is 29.4. The fraction of sp³-hybridized carbons (Fsp3) is 0.586. The Morgan fingerprint density at radius 2 is 1.58 bits per heavy atom. The van der Waals surface area contributed by atoms with E-state index in [1.54, 1.807) is 0 Å². The Kier molecular flexibility index (Phi) is 8.60. The number of aliphatic hydroxyl groups is 3. The topological polar surface area (TPSA) is 69.9 Å². The highest BCUT2D eigenvalue weighted by Crippen LogP contribution is 2.41. The van der Waals surface area contributed by atoms with Gasteiger partial charge in [-0.2, -0.15) is 0 Å². The fourth-order valence-electron chi connectivity index (χ4n) is 5.51. The molecule has 0 bridgehead atoms. The Morgan fingerprint density at radius 3 is 2.12 bits per heavy atom. The summed E-state index contributed by atoms with van der Waals surface area (Å²) in [5.41, 5.74) is 5.72. The zero-order valence-electron chi connectivity index (χ0n) is 20.9. The third kappa shape index (κ3) is 5.79. The number of hydrogen-bond acceptors (Lipinski definition) is 4. The Morgan fingerprint density at radius 1 is 0.970 bits per heavy atom. The molecular weight excluding hydrogens is 412 g/mol. The zero-order valence-corrected chi connectivity index (χ0v) is 20.9. The van der Waals surface area contributed by atoms with Gasteiger partial charge in [-0.25, -0.2) is 0 Å². The van der Waals surface area contributed by atoms with Crippen LogP contribution in [-0.2, 0) is 11.8 Å². The summed E-state index contributed by atoms with van der Waals surface area (Å²) in [7, 11) is 0. The largest absolute Gasteiger partial charge is 0.491 e. The molecule has 0 amide bonds. The molecule has 3 N–H and O–H groups in total.